The summed E-state index contributed by atoms with van der Waals surface area (Å²) in [6, 6.07) is 5.43. The Labute approximate surface area is 71.5 Å². The van der Waals surface area contributed by atoms with E-state index in [1.807, 2.05) is 19.1 Å². The lowest BCUT2D eigenvalue weighted by molar-refractivity contribution is 0.605. The summed E-state index contributed by atoms with van der Waals surface area (Å²) < 4.78 is 22.6. The van der Waals surface area contributed by atoms with Crippen molar-refractivity contribution in [2.75, 3.05) is 0 Å². The first kappa shape index (κ1) is 7.55. The predicted octanol–water partition coefficient (Wildman–Crippen LogP) is 1.75. The molecule has 2 rings (SSSR count). The second-order valence-electron chi connectivity index (χ2n) is 2.89. The molecule has 0 fully saturated rings. The maximum absolute atomic E-state index is 11.3. The number of hydrogen-bond donors (Lipinski definition) is 0. The zero-order valence-electron chi connectivity index (χ0n) is 6.61. The topological polar surface area (TPSA) is 34.1 Å². The number of aryl methyl sites for hydroxylation is 1. The van der Waals surface area contributed by atoms with Gasteiger partial charge in [0.25, 0.3) is 0 Å². The van der Waals surface area contributed by atoms with Crippen LogP contribution in [-0.4, -0.2) is 8.42 Å². The summed E-state index contributed by atoms with van der Waals surface area (Å²) in [6.07, 6.45) is 1.63. The molecule has 1 heterocycles. The van der Waals surface area contributed by atoms with Gasteiger partial charge in [0.05, 0.1) is 4.90 Å². The Morgan fingerprint density at radius 2 is 2.00 bits per heavy atom. The summed E-state index contributed by atoms with van der Waals surface area (Å²) in [6.45, 7) is 1.88. The van der Waals surface area contributed by atoms with Gasteiger partial charge in [0.15, 0.2) is 9.84 Å². The molecule has 0 radical (unpaired) electrons. The Kier molecular flexibility index (Phi) is 1.38. The van der Waals surface area contributed by atoms with Crippen LogP contribution in [0.15, 0.2) is 28.5 Å². The third kappa shape index (κ3) is 0.975. The largest absolute Gasteiger partial charge is 0.219 e. The van der Waals surface area contributed by atoms with Crippen LogP contribution in [0.2, 0.25) is 0 Å². The highest BCUT2D eigenvalue weighted by Gasteiger charge is 2.19. The molecule has 12 heavy (non-hydrogen) atoms. The van der Waals surface area contributed by atoms with Gasteiger partial charge < -0.3 is 0 Å². The van der Waals surface area contributed by atoms with Gasteiger partial charge in [-0.15, -0.1) is 0 Å². The van der Waals surface area contributed by atoms with E-state index in [0.29, 0.717) is 4.90 Å². The van der Waals surface area contributed by atoms with Crippen molar-refractivity contribution in [2.24, 2.45) is 0 Å². The summed E-state index contributed by atoms with van der Waals surface area (Å²) in [5.41, 5.74) is 1.77. The first-order valence-corrected chi connectivity index (χ1v) is 5.18. The Morgan fingerprint density at radius 1 is 1.25 bits per heavy atom. The quantitative estimate of drug-likeness (QED) is 0.609. The van der Waals surface area contributed by atoms with Gasteiger partial charge in [-0.3, -0.25) is 0 Å². The fourth-order valence-corrected chi connectivity index (χ4v) is 2.55. The Hall–Kier alpha value is -1.09. The standard InChI is InChI=1S/C9H8O2S/c1-7-2-3-8-4-5-12(10,11)9(8)6-7/h2-6H,1H3. The lowest BCUT2D eigenvalue weighted by Gasteiger charge is -1.98. The number of sulfone groups is 1. The van der Waals surface area contributed by atoms with E-state index >= 15 is 0 Å². The Morgan fingerprint density at radius 3 is 2.75 bits per heavy atom. The van der Waals surface area contributed by atoms with Crippen molar-refractivity contribution in [3.8, 4) is 0 Å². The fraction of sp³-hybridized carbons (Fsp3) is 0.111. The molecule has 0 aromatic heterocycles. The average Bonchev–Trinajstić information content (AvgIpc) is 2.28. The monoisotopic (exact) mass is 180 g/mol. The molecule has 0 N–H and O–H groups in total. The molecule has 1 aliphatic rings. The highest BCUT2D eigenvalue weighted by Crippen LogP contribution is 2.26. The molecule has 0 saturated heterocycles. The van der Waals surface area contributed by atoms with Crippen LogP contribution in [0, 0.1) is 6.92 Å². The predicted molar refractivity (Wildman–Crippen MR) is 47.4 cm³/mol. The van der Waals surface area contributed by atoms with E-state index in [1.165, 1.54) is 5.41 Å². The number of fused-ring (bicyclic) bond motifs is 1. The average molecular weight is 180 g/mol. The molecule has 0 bridgehead atoms. The molecule has 1 aliphatic heterocycles. The van der Waals surface area contributed by atoms with Crippen molar-refractivity contribution in [3.63, 3.8) is 0 Å². The first-order valence-electron chi connectivity index (χ1n) is 3.63. The van der Waals surface area contributed by atoms with E-state index in [9.17, 15) is 8.42 Å². The van der Waals surface area contributed by atoms with Crippen molar-refractivity contribution in [1.82, 2.24) is 0 Å². The van der Waals surface area contributed by atoms with Crippen LogP contribution in [0.4, 0.5) is 0 Å². The zero-order valence-corrected chi connectivity index (χ0v) is 7.43. The van der Waals surface area contributed by atoms with E-state index in [-0.39, 0.29) is 0 Å². The molecule has 3 heteroatoms. The fourth-order valence-electron chi connectivity index (χ4n) is 1.26. The summed E-state index contributed by atoms with van der Waals surface area (Å²) >= 11 is 0. The van der Waals surface area contributed by atoms with E-state index in [4.69, 9.17) is 0 Å². The molecule has 0 amide bonds. The first-order chi connectivity index (χ1) is 5.59. The highest BCUT2D eigenvalue weighted by atomic mass is 32.2. The highest BCUT2D eigenvalue weighted by molar-refractivity contribution is 7.94. The summed E-state index contributed by atoms with van der Waals surface area (Å²) in [5, 5.41) is 1.25. The number of benzene rings is 1. The zero-order chi connectivity index (χ0) is 8.77. The van der Waals surface area contributed by atoms with Crippen LogP contribution < -0.4 is 0 Å². The van der Waals surface area contributed by atoms with Crippen molar-refractivity contribution >= 4 is 15.9 Å². The molecule has 1 aromatic rings. The second kappa shape index (κ2) is 2.20. The van der Waals surface area contributed by atoms with Crippen molar-refractivity contribution in [1.29, 1.82) is 0 Å². The SMILES string of the molecule is Cc1ccc2c(c1)S(=O)(=O)C=C2. The van der Waals surface area contributed by atoms with Gasteiger partial charge >= 0.3 is 0 Å². The molecular weight excluding hydrogens is 172 g/mol. The summed E-state index contributed by atoms with van der Waals surface area (Å²) in [5.74, 6) is 0. The molecule has 2 nitrogen and oxygen atoms in total. The second-order valence-corrected chi connectivity index (χ2v) is 4.69. The lowest BCUT2D eigenvalue weighted by Crippen LogP contribution is -1.93. The van der Waals surface area contributed by atoms with Gasteiger partial charge in [0.1, 0.15) is 0 Å². The smallest absolute Gasteiger partial charge is 0.200 e. The number of rotatable bonds is 0. The summed E-state index contributed by atoms with van der Waals surface area (Å²) in [4.78, 5) is 0.433. The van der Waals surface area contributed by atoms with Crippen LogP contribution in [-0.2, 0) is 9.84 Å². The van der Waals surface area contributed by atoms with Crippen LogP contribution in [0.5, 0.6) is 0 Å². The van der Waals surface area contributed by atoms with Crippen LogP contribution in [0.1, 0.15) is 11.1 Å². The molecule has 0 unspecified atom stereocenters. The van der Waals surface area contributed by atoms with Crippen LogP contribution in [0.3, 0.4) is 0 Å². The molecule has 62 valence electrons. The molecule has 0 atom stereocenters. The Balaban J connectivity index is 2.80. The van der Waals surface area contributed by atoms with Crippen LogP contribution in [0.25, 0.3) is 6.08 Å². The maximum Gasteiger partial charge on any atom is 0.200 e. The van der Waals surface area contributed by atoms with Gasteiger partial charge in [-0.1, -0.05) is 12.1 Å². The van der Waals surface area contributed by atoms with E-state index < -0.39 is 9.84 Å². The Bertz CT molecular complexity index is 455. The van der Waals surface area contributed by atoms with Gasteiger partial charge in [-0.2, -0.15) is 0 Å². The molecule has 0 saturated carbocycles. The van der Waals surface area contributed by atoms with Gasteiger partial charge in [-0.05, 0) is 30.2 Å². The normalized spacial score (nSPS) is 17.8. The minimum atomic E-state index is -3.11. The van der Waals surface area contributed by atoms with Crippen LogP contribution >= 0.6 is 0 Å². The number of hydrogen-bond acceptors (Lipinski definition) is 2. The molecule has 0 spiro atoms. The van der Waals surface area contributed by atoms with E-state index in [0.717, 1.165) is 11.1 Å². The van der Waals surface area contributed by atoms with E-state index in [1.54, 1.807) is 12.1 Å². The van der Waals surface area contributed by atoms with Crippen molar-refractivity contribution in [3.05, 3.63) is 34.7 Å². The third-order valence-corrected chi connectivity index (χ3v) is 3.36. The summed E-state index contributed by atoms with van der Waals surface area (Å²) in [7, 11) is -3.11. The van der Waals surface area contributed by atoms with Gasteiger partial charge in [-0.25, -0.2) is 8.42 Å². The van der Waals surface area contributed by atoms with E-state index in [2.05, 4.69) is 0 Å². The minimum Gasteiger partial charge on any atom is -0.219 e. The minimum absolute atomic E-state index is 0.433. The van der Waals surface area contributed by atoms with Crippen molar-refractivity contribution in [2.45, 2.75) is 11.8 Å². The molecular formula is C9H8O2S. The van der Waals surface area contributed by atoms with Gasteiger partial charge in [0.2, 0.25) is 0 Å². The lowest BCUT2D eigenvalue weighted by atomic mass is 10.1. The molecule has 0 aliphatic carbocycles. The molecule has 1 aromatic carbocycles. The van der Waals surface area contributed by atoms with Gasteiger partial charge in [0, 0.05) is 5.41 Å². The maximum atomic E-state index is 11.3. The van der Waals surface area contributed by atoms with Crippen molar-refractivity contribution < 1.29 is 8.42 Å². The third-order valence-electron chi connectivity index (χ3n) is 1.90.